The summed E-state index contributed by atoms with van der Waals surface area (Å²) < 4.78 is 0. The van der Waals surface area contributed by atoms with E-state index in [1.807, 2.05) is 19.1 Å². The van der Waals surface area contributed by atoms with Gasteiger partial charge in [-0.1, -0.05) is 64.6 Å². The molecule has 1 aromatic rings. The van der Waals surface area contributed by atoms with E-state index in [-0.39, 0.29) is 17.4 Å². The molecule has 0 heterocycles. The molecule has 0 bridgehead atoms. The third-order valence-corrected chi connectivity index (χ3v) is 5.80. The predicted molar refractivity (Wildman–Crippen MR) is 109 cm³/mol. The summed E-state index contributed by atoms with van der Waals surface area (Å²) in [5.41, 5.74) is 8.41. The second kappa shape index (κ2) is 7.33. The fourth-order valence-electron chi connectivity index (χ4n) is 3.68. The minimum absolute atomic E-state index is 0.0993. The van der Waals surface area contributed by atoms with Gasteiger partial charge < -0.3 is 5.11 Å². The van der Waals surface area contributed by atoms with Crippen molar-refractivity contribution in [3.8, 4) is 0 Å². The highest BCUT2D eigenvalue weighted by Gasteiger charge is 2.37. The third-order valence-electron chi connectivity index (χ3n) is 5.80. The lowest BCUT2D eigenvalue weighted by atomic mass is 9.62. The van der Waals surface area contributed by atoms with Gasteiger partial charge in [0.1, 0.15) is 0 Å². The molecule has 0 aliphatic heterocycles. The van der Waals surface area contributed by atoms with E-state index in [9.17, 15) is 0 Å². The van der Waals surface area contributed by atoms with Gasteiger partial charge in [0.2, 0.25) is 0 Å². The summed E-state index contributed by atoms with van der Waals surface area (Å²) in [6.45, 7) is 17.7. The molecule has 1 nitrogen and oxygen atoms in total. The third kappa shape index (κ3) is 4.33. The van der Waals surface area contributed by atoms with Crippen molar-refractivity contribution in [2.75, 3.05) is 6.61 Å². The lowest BCUT2D eigenvalue weighted by Crippen LogP contribution is -2.34. The highest BCUT2D eigenvalue weighted by molar-refractivity contribution is 5.48. The van der Waals surface area contributed by atoms with Crippen LogP contribution >= 0.6 is 0 Å². The molecule has 0 fully saturated rings. The molecule has 2 rings (SSSR count). The molecule has 1 aliphatic rings. The van der Waals surface area contributed by atoms with Crippen molar-refractivity contribution >= 4 is 0 Å². The van der Waals surface area contributed by atoms with E-state index < -0.39 is 0 Å². The Kier molecular flexibility index (Phi) is 5.79. The highest BCUT2D eigenvalue weighted by Crippen LogP contribution is 2.46. The van der Waals surface area contributed by atoms with Crippen LogP contribution in [0.25, 0.3) is 0 Å². The van der Waals surface area contributed by atoms with Gasteiger partial charge >= 0.3 is 0 Å². The Hall–Kier alpha value is -1.60. The fraction of sp³-hybridized carbons (Fsp3) is 0.500. The topological polar surface area (TPSA) is 20.2 Å². The molecule has 25 heavy (non-hydrogen) atoms. The van der Waals surface area contributed by atoms with Crippen molar-refractivity contribution < 1.29 is 5.11 Å². The smallest absolute Gasteiger partial charge is 0.0642 e. The van der Waals surface area contributed by atoms with Crippen LogP contribution < -0.4 is 0 Å². The molecular weight excluding hydrogens is 304 g/mol. The fourth-order valence-corrected chi connectivity index (χ4v) is 3.68. The number of fused-ring (bicyclic) bond motifs is 1. The molecule has 0 amide bonds. The largest absolute Gasteiger partial charge is 0.392 e. The molecule has 0 spiro atoms. The van der Waals surface area contributed by atoms with Crippen molar-refractivity contribution in [1.29, 1.82) is 0 Å². The van der Waals surface area contributed by atoms with E-state index in [4.69, 9.17) is 5.11 Å². The Bertz CT molecular complexity index is 714. The second-order valence-corrected chi connectivity index (χ2v) is 8.89. The van der Waals surface area contributed by atoms with Crippen LogP contribution in [0.1, 0.15) is 69.7 Å². The first-order valence-corrected chi connectivity index (χ1v) is 9.35. The zero-order valence-corrected chi connectivity index (χ0v) is 16.9. The quantitative estimate of drug-likeness (QED) is 0.659. The number of aryl methyl sites for hydroxylation is 1. The molecule has 0 unspecified atom stereocenters. The number of aliphatic hydroxyl groups is 1. The van der Waals surface area contributed by atoms with Crippen LogP contribution in [0.15, 0.2) is 48.1 Å². The van der Waals surface area contributed by atoms with Crippen LogP contribution in [-0.2, 0) is 17.3 Å². The summed E-state index contributed by atoms with van der Waals surface area (Å²) in [5.74, 6) is 0. The molecule has 136 valence electrons. The minimum Gasteiger partial charge on any atom is -0.392 e. The van der Waals surface area contributed by atoms with Gasteiger partial charge in [0, 0.05) is 0 Å². The van der Waals surface area contributed by atoms with Gasteiger partial charge in [-0.2, -0.15) is 0 Å². The first-order chi connectivity index (χ1) is 11.6. The molecular formula is C24H34O. The Balaban J connectivity index is 2.45. The summed E-state index contributed by atoms with van der Waals surface area (Å²) in [4.78, 5) is 0. The number of allylic oxidation sites excluding steroid dienone is 4. The number of hydrogen-bond donors (Lipinski definition) is 1. The van der Waals surface area contributed by atoms with E-state index in [1.54, 1.807) is 0 Å². The summed E-state index contributed by atoms with van der Waals surface area (Å²) in [6.07, 6.45) is 9.35. The predicted octanol–water partition coefficient (Wildman–Crippen LogP) is 5.94. The Morgan fingerprint density at radius 1 is 1.08 bits per heavy atom. The summed E-state index contributed by atoms with van der Waals surface area (Å²) in [6, 6.07) is 4.85. The summed E-state index contributed by atoms with van der Waals surface area (Å²) in [7, 11) is 0. The molecule has 0 radical (unpaired) electrons. The Morgan fingerprint density at radius 3 is 2.16 bits per heavy atom. The van der Waals surface area contributed by atoms with Crippen LogP contribution in [-0.4, -0.2) is 11.7 Å². The van der Waals surface area contributed by atoms with Crippen LogP contribution in [0.5, 0.6) is 0 Å². The van der Waals surface area contributed by atoms with Gasteiger partial charge in [-0.15, -0.1) is 0 Å². The molecule has 1 N–H and O–H groups in total. The van der Waals surface area contributed by atoms with E-state index in [2.05, 4.69) is 59.4 Å². The van der Waals surface area contributed by atoms with Crippen LogP contribution in [0.3, 0.4) is 0 Å². The lowest BCUT2D eigenvalue weighted by Gasteiger charge is -2.42. The number of hydrogen-bond acceptors (Lipinski definition) is 1. The van der Waals surface area contributed by atoms with E-state index in [1.165, 1.54) is 40.7 Å². The Labute approximate surface area is 154 Å². The Morgan fingerprint density at radius 2 is 1.64 bits per heavy atom. The van der Waals surface area contributed by atoms with Crippen LogP contribution in [0.4, 0.5) is 0 Å². The first kappa shape index (κ1) is 19.7. The maximum atomic E-state index is 9.17. The van der Waals surface area contributed by atoms with Crippen LogP contribution in [0.2, 0.25) is 0 Å². The summed E-state index contributed by atoms with van der Waals surface area (Å²) >= 11 is 0. The molecule has 0 saturated heterocycles. The number of aliphatic hydroxyl groups excluding tert-OH is 1. The van der Waals surface area contributed by atoms with Crippen LogP contribution in [0, 0.1) is 6.92 Å². The van der Waals surface area contributed by atoms with E-state index >= 15 is 0 Å². The number of benzene rings is 1. The maximum absolute atomic E-state index is 9.17. The molecule has 0 aromatic heterocycles. The highest BCUT2D eigenvalue weighted by atomic mass is 16.3. The molecule has 1 aliphatic carbocycles. The zero-order valence-electron chi connectivity index (χ0n) is 16.9. The molecule has 1 aromatic carbocycles. The minimum atomic E-state index is 0.0993. The number of rotatable bonds is 5. The second-order valence-electron chi connectivity index (χ2n) is 8.89. The molecule has 0 saturated carbocycles. The normalized spacial score (nSPS) is 19.5. The standard InChI is InChI=1S/C24H34O/c1-8-19(10-9-17(2)16-25)14-20-15-22-21(13-18(20)3)23(4,5)11-12-24(22,6)7/h8-10,13,15,25H,1,11-12,14,16H2,2-7H3/b17-9+,19-10+. The SMILES string of the molecule is C=C/C(=C\C=C(/C)CO)Cc1cc2c(cc1C)C(C)(C)CCC2(C)C. The van der Waals surface area contributed by atoms with Gasteiger partial charge in [0.15, 0.2) is 0 Å². The monoisotopic (exact) mass is 338 g/mol. The van der Waals surface area contributed by atoms with Crippen molar-refractivity contribution in [2.24, 2.45) is 0 Å². The summed E-state index contributed by atoms with van der Waals surface area (Å²) in [5, 5.41) is 9.17. The van der Waals surface area contributed by atoms with Crippen molar-refractivity contribution in [1.82, 2.24) is 0 Å². The van der Waals surface area contributed by atoms with E-state index in [0.29, 0.717) is 0 Å². The van der Waals surface area contributed by atoms with E-state index in [0.717, 1.165) is 12.0 Å². The molecule has 1 heteroatoms. The van der Waals surface area contributed by atoms with Gasteiger partial charge in [-0.25, -0.2) is 0 Å². The van der Waals surface area contributed by atoms with Gasteiger partial charge in [0.05, 0.1) is 6.61 Å². The maximum Gasteiger partial charge on any atom is 0.0642 e. The first-order valence-electron chi connectivity index (χ1n) is 9.35. The van der Waals surface area contributed by atoms with Gasteiger partial charge in [-0.05, 0) is 77.3 Å². The zero-order chi connectivity index (χ0) is 18.8. The lowest BCUT2D eigenvalue weighted by molar-refractivity contribution is 0.331. The van der Waals surface area contributed by atoms with Crippen molar-refractivity contribution in [2.45, 2.75) is 71.6 Å². The molecule has 0 atom stereocenters. The van der Waals surface area contributed by atoms with Crippen molar-refractivity contribution in [3.63, 3.8) is 0 Å². The average molecular weight is 339 g/mol. The van der Waals surface area contributed by atoms with Gasteiger partial charge in [0.25, 0.3) is 0 Å². The average Bonchev–Trinajstić information content (AvgIpc) is 2.56. The van der Waals surface area contributed by atoms with Gasteiger partial charge in [-0.3, -0.25) is 0 Å². The van der Waals surface area contributed by atoms with Crippen molar-refractivity contribution in [3.05, 3.63) is 70.3 Å².